The molecule has 0 aliphatic heterocycles. The zero-order chi connectivity index (χ0) is 13.2. The molecule has 0 amide bonds. The molecule has 0 aromatic heterocycles. The molecule has 1 saturated carbocycles. The van der Waals surface area contributed by atoms with Gasteiger partial charge in [-0.05, 0) is 30.0 Å². The average molecular weight is 252 g/mol. The third-order valence-corrected chi connectivity index (χ3v) is 3.73. The Kier molecular flexibility index (Phi) is 3.08. The van der Waals surface area contributed by atoms with E-state index in [-0.39, 0.29) is 11.7 Å². The molecule has 0 unspecified atom stereocenters. The second-order valence-corrected chi connectivity index (χ2v) is 4.95. The molecule has 2 aromatic carbocycles. The van der Waals surface area contributed by atoms with Crippen LogP contribution in [0.25, 0.3) is 0 Å². The molecule has 2 heteroatoms. The number of methoxy groups -OCH3 is 1. The Labute approximate surface area is 113 Å². The Morgan fingerprint density at radius 1 is 1.05 bits per heavy atom. The molecule has 0 heterocycles. The van der Waals surface area contributed by atoms with Crippen LogP contribution in [-0.2, 0) is 0 Å². The molecule has 19 heavy (non-hydrogen) atoms. The van der Waals surface area contributed by atoms with E-state index >= 15 is 0 Å². The molecule has 0 spiro atoms. The second-order valence-electron chi connectivity index (χ2n) is 4.95. The Morgan fingerprint density at radius 3 is 2.37 bits per heavy atom. The van der Waals surface area contributed by atoms with Gasteiger partial charge in [0.25, 0.3) is 0 Å². The summed E-state index contributed by atoms with van der Waals surface area (Å²) in [7, 11) is 1.66. The van der Waals surface area contributed by atoms with Crippen LogP contribution in [0.4, 0.5) is 0 Å². The number of rotatable bonds is 4. The Bertz CT molecular complexity index is 572. The minimum absolute atomic E-state index is 0.149. The van der Waals surface area contributed by atoms with Crippen LogP contribution in [0.5, 0.6) is 5.75 Å². The van der Waals surface area contributed by atoms with Crippen LogP contribution < -0.4 is 4.74 Å². The second kappa shape index (κ2) is 4.88. The first-order valence-electron chi connectivity index (χ1n) is 6.53. The van der Waals surface area contributed by atoms with E-state index in [1.54, 1.807) is 7.11 Å². The van der Waals surface area contributed by atoms with Gasteiger partial charge in [-0.1, -0.05) is 42.5 Å². The minimum Gasteiger partial charge on any atom is -0.497 e. The third-order valence-electron chi connectivity index (χ3n) is 3.73. The van der Waals surface area contributed by atoms with E-state index in [2.05, 4.69) is 12.1 Å². The largest absolute Gasteiger partial charge is 0.497 e. The Hall–Kier alpha value is -2.09. The van der Waals surface area contributed by atoms with Crippen LogP contribution in [0.3, 0.4) is 0 Å². The first-order valence-corrected chi connectivity index (χ1v) is 6.53. The normalized spacial score (nSPS) is 20.9. The summed E-state index contributed by atoms with van der Waals surface area (Å²) >= 11 is 0. The van der Waals surface area contributed by atoms with Crippen molar-refractivity contribution in [2.45, 2.75) is 12.3 Å². The highest BCUT2D eigenvalue weighted by atomic mass is 16.5. The van der Waals surface area contributed by atoms with Gasteiger partial charge in [0.05, 0.1) is 7.11 Å². The summed E-state index contributed by atoms with van der Waals surface area (Å²) in [5.41, 5.74) is 2.05. The number of hydrogen-bond acceptors (Lipinski definition) is 2. The number of hydrogen-bond donors (Lipinski definition) is 0. The van der Waals surface area contributed by atoms with E-state index in [0.717, 1.165) is 17.7 Å². The van der Waals surface area contributed by atoms with Crippen molar-refractivity contribution in [2.75, 3.05) is 7.11 Å². The zero-order valence-electron chi connectivity index (χ0n) is 10.9. The molecule has 2 aromatic rings. The van der Waals surface area contributed by atoms with Crippen molar-refractivity contribution in [1.82, 2.24) is 0 Å². The standard InChI is InChI=1S/C17H16O2/c1-19-14-9-7-12(8-10-14)15-11-16(15)17(18)13-5-3-2-4-6-13/h2-10,15-16H,11H2,1H3/t15-,16-/m0/s1. The summed E-state index contributed by atoms with van der Waals surface area (Å²) < 4.78 is 5.15. The number of carbonyl (C=O) groups excluding carboxylic acids is 1. The van der Waals surface area contributed by atoms with Crippen molar-refractivity contribution in [3.8, 4) is 5.75 Å². The fraction of sp³-hybridized carbons (Fsp3) is 0.235. The predicted molar refractivity (Wildman–Crippen MR) is 74.6 cm³/mol. The van der Waals surface area contributed by atoms with Gasteiger partial charge in [0.1, 0.15) is 5.75 Å². The van der Waals surface area contributed by atoms with Crippen molar-refractivity contribution in [3.63, 3.8) is 0 Å². The van der Waals surface area contributed by atoms with E-state index in [4.69, 9.17) is 4.74 Å². The lowest BCUT2D eigenvalue weighted by atomic mass is 10.0. The molecule has 1 fully saturated rings. The molecule has 0 bridgehead atoms. The highest BCUT2D eigenvalue weighted by Crippen LogP contribution is 2.49. The highest BCUT2D eigenvalue weighted by molar-refractivity contribution is 6.00. The lowest BCUT2D eigenvalue weighted by molar-refractivity contribution is 0.0965. The van der Waals surface area contributed by atoms with Crippen molar-refractivity contribution in [3.05, 3.63) is 65.7 Å². The van der Waals surface area contributed by atoms with E-state index in [1.165, 1.54) is 5.56 Å². The van der Waals surface area contributed by atoms with E-state index in [0.29, 0.717) is 5.92 Å². The Balaban J connectivity index is 1.72. The molecule has 1 aliphatic rings. The van der Waals surface area contributed by atoms with Crippen molar-refractivity contribution < 1.29 is 9.53 Å². The molecule has 96 valence electrons. The smallest absolute Gasteiger partial charge is 0.166 e. The third kappa shape index (κ3) is 2.39. The van der Waals surface area contributed by atoms with E-state index in [9.17, 15) is 4.79 Å². The maximum atomic E-state index is 12.3. The summed E-state index contributed by atoms with van der Waals surface area (Å²) in [6.45, 7) is 0. The first-order chi connectivity index (χ1) is 9.29. The maximum Gasteiger partial charge on any atom is 0.166 e. The van der Waals surface area contributed by atoms with E-state index in [1.807, 2.05) is 42.5 Å². The van der Waals surface area contributed by atoms with Gasteiger partial charge >= 0.3 is 0 Å². The van der Waals surface area contributed by atoms with Gasteiger partial charge in [0.15, 0.2) is 5.78 Å². The van der Waals surface area contributed by atoms with Crippen molar-refractivity contribution >= 4 is 5.78 Å². The van der Waals surface area contributed by atoms with Crippen molar-refractivity contribution in [1.29, 1.82) is 0 Å². The molecule has 2 nitrogen and oxygen atoms in total. The first kappa shape index (κ1) is 12.0. The van der Waals surface area contributed by atoms with Crippen molar-refractivity contribution in [2.24, 2.45) is 5.92 Å². The number of ether oxygens (including phenoxy) is 1. The number of benzene rings is 2. The summed E-state index contributed by atoms with van der Waals surface area (Å²) in [6, 6.07) is 17.6. The van der Waals surface area contributed by atoms with Crippen LogP contribution in [0.1, 0.15) is 28.3 Å². The zero-order valence-corrected chi connectivity index (χ0v) is 10.9. The van der Waals surface area contributed by atoms with Crippen LogP contribution >= 0.6 is 0 Å². The van der Waals surface area contributed by atoms with Gasteiger partial charge in [0, 0.05) is 11.5 Å². The minimum atomic E-state index is 0.149. The summed E-state index contributed by atoms with van der Waals surface area (Å²) in [5.74, 6) is 1.64. The highest BCUT2D eigenvalue weighted by Gasteiger charge is 2.43. The molecule has 3 rings (SSSR count). The Morgan fingerprint density at radius 2 is 1.74 bits per heavy atom. The summed E-state index contributed by atoms with van der Waals surface area (Å²) in [5, 5.41) is 0. The van der Waals surface area contributed by atoms with E-state index < -0.39 is 0 Å². The average Bonchev–Trinajstić information content (AvgIpc) is 3.28. The molecular formula is C17H16O2. The molecule has 2 atom stereocenters. The summed E-state index contributed by atoms with van der Waals surface area (Å²) in [6.07, 6.45) is 0.958. The number of Topliss-reactive ketones (excluding diaryl/α,β-unsaturated/α-hetero) is 1. The van der Waals surface area contributed by atoms with Gasteiger partial charge in [-0.25, -0.2) is 0 Å². The van der Waals surface area contributed by atoms with Gasteiger partial charge in [-0.2, -0.15) is 0 Å². The fourth-order valence-electron chi connectivity index (χ4n) is 2.52. The fourth-order valence-corrected chi connectivity index (χ4v) is 2.52. The topological polar surface area (TPSA) is 26.3 Å². The van der Waals surface area contributed by atoms with Crippen LogP contribution in [0.15, 0.2) is 54.6 Å². The van der Waals surface area contributed by atoms with Gasteiger partial charge < -0.3 is 4.74 Å². The van der Waals surface area contributed by atoms with Crippen LogP contribution in [0, 0.1) is 5.92 Å². The number of ketones is 1. The predicted octanol–water partition coefficient (Wildman–Crippen LogP) is 3.68. The molecule has 0 saturated heterocycles. The van der Waals surface area contributed by atoms with Crippen LogP contribution in [-0.4, -0.2) is 12.9 Å². The molecule has 0 N–H and O–H groups in total. The quantitative estimate of drug-likeness (QED) is 0.776. The van der Waals surface area contributed by atoms with Gasteiger partial charge in [-0.3, -0.25) is 4.79 Å². The molecule has 1 aliphatic carbocycles. The van der Waals surface area contributed by atoms with Crippen LogP contribution in [0.2, 0.25) is 0 Å². The molecule has 0 radical (unpaired) electrons. The number of carbonyl (C=O) groups is 1. The lowest BCUT2D eigenvalue weighted by Gasteiger charge is -2.03. The van der Waals surface area contributed by atoms with Gasteiger partial charge in [-0.15, -0.1) is 0 Å². The lowest BCUT2D eigenvalue weighted by Crippen LogP contribution is -2.02. The molecular weight excluding hydrogens is 236 g/mol. The maximum absolute atomic E-state index is 12.3. The summed E-state index contributed by atoms with van der Waals surface area (Å²) in [4.78, 5) is 12.3. The SMILES string of the molecule is COc1ccc([C@@H]2C[C@@H]2C(=O)c2ccccc2)cc1. The van der Waals surface area contributed by atoms with Gasteiger partial charge in [0.2, 0.25) is 0 Å². The monoisotopic (exact) mass is 252 g/mol.